The second-order valence-electron chi connectivity index (χ2n) is 8.40. The van der Waals surface area contributed by atoms with Crippen LogP contribution in [-0.4, -0.2) is 23.4 Å². The van der Waals surface area contributed by atoms with E-state index in [-0.39, 0.29) is 24.3 Å². The van der Waals surface area contributed by atoms with Crippen LogP contribution in [0, 0.1) is 17.7 Å². The Balaban J connectivity index is 1.53. The number of benzene rings is 1. The van der Waals surface area contributed by atoms with Gasteiger partial charge in [0.2, 0.25) is 5.91 Å². The van der Waals surface area contributed by atoms with Crippen LogP contribution in [0.1, 0.15) is 55.7 Å². The molecule has 1 heterocycles. The van der Waals surface area contributed by atoms with Crippen LogP contribution in [0.5, 0.6) is 0 Å². The lowest BCUT2D eigenvalue weighted by atomic mass is 9.67. The Labute approximate surface area is 169 Å². The average Bonchev–Trinajstić information content (AvgIpc) is 3.24. The van der Waals surface area contributed by atoms with Crippen molar-refractivity contribution in [3.63, 3.8) is 0 Å². The highest BCUT2D eigenvalue weighted by molar-refractivity contribution is 6.08. The van der Waals surface area contributed by atoms with Gasteiger partial charge in [-0.15, -0.1) is 0 Å². The molecule has 0 radical (unpaired) electrons. The summed E-state index contributed by atoms with van der Waals surface area (Å²) in [5.74, 6) is -2.56. The standard InChI is InChI=1S/C20H21F4N3O3/c21-14-6-11(5-13(7-14)20(22,23)24)15(10-3-1-2-4-10)25-16(28)12-8-19(9-12)17(29)26-18(30)27-19/h5-7,10,12,15H,1-4,8-9H2,(H,25,28)(H2,26,27,29,30). The van der Waals surface area contributed by atoms with E-state index in [2.05, 4.69) is 16.0 Å². The van der Waals surface area contributed by atoms with Crippen molar-refractivity contribution in [2.45, 2.75) is 56.3 Å². The largest absolute Gasteiger partial charge is 0.416 e. The van der Waals surface area contributed by atoms with Gasteiger partial charge in [0, 0.05) is 5.92 Å². The Hall–Kier alpha value is -2.65. The van der Waals surface area contributed by atoms with Crippen molar-refractivity contribution in [1.29, 1.82) is 0 Å². The summed E-state index contributed by atoms with van der Waals surface area (Å²) >= 11 is 0. The molecule has 6 nitrogen and oxygen atoms in total. The number of halogens is 4. The van der Waals surface area contributed by atoms with Crippen LogP contribution in [0.25, 0.3) is 0 Å². The topological polar surface area (TPSA) is 87.3 Å². The van der Waals surface area contributed by atoms with E-state index < -0.39 is 52.9 Å². The average molecular weight is 427 g/mol. The van der Waals surface area contributed by atoms with Crippen LogP contribution in [0.15, 0.2) is 18.2 Å². The minimum absolute atomic E-state index is 0.0866. The highest BCUT2D eigenvalue weighted by Crippen LogP contribution is 2.42. The predicted molar refractivity (Wildman–Crippen MR) is 96.4 cm³/mol. The third-order valence-electron chi connectivity index (χ3n) is 6.35. The van der Waals surface area contributed by atoms with Crippen molar-refractivity contribution in [2.24, 2.45) is 11.8 Å². The van der Waals surface area contributed by atoms with Gasteiger partial charge in [0.1, 0.15) is 11.4 Å². The minimum atomic E-state index is -4.70. The first kappa shape index (κ1) is 20.6. The molecule has 3 aliphatic rings. The summed E-state index contributed by atoms with van der Waals surface area (Å²) in [7, 11) is 0. The number of alkyl halides is 3. The van der Waals surface area contributed by atoms with Crippen molar-refractivity contribution < 1.29 is 31.9 Å². The summed E-state index contributed by atoms with van der Waals surface area (Å²) in [6, 6.07) is 1.00. The molecule has 3 fully saturated rings. The Morgan fingerprint density at radius 3 is 2.37 bits per heavy atom. The molecular formula is C20H21F4N3O3. The molecule has 1 spiro atoms. The molecule has 30 heavy (non-hydrogen) atoms. The quantitative estimate of drug-likeness (QED) is 0.510. The van der Waals surface area contributed by atoms with Crippen LogP contribution in [0.2, 0.25) is 0 Å². The minimum Gasteiger partial charge on any atom is -0.349 e. The molecule has 1 saturated heterocycles. The molecule has 10 heteroatoms. The van der Waals surface area contributed by atoms with E-state index in [9.17, 15) is 31.9 Å². The van der Waals surface area contributed by atoms with Crippen molar-refractivity contribution in [3.8, 4) is 0 Å². The SMILES string of the molecule is O=C1NC(=O)C2(CC(C(=O)NC(c3cc(F)cc(C(F)(F)F)c3)C3CCCC3)C2)N1. The van der Waals surface area contributed by atoms with E-state index in [1.165, 1.54) is 0 Å². The third-order valence-corrected chi connectivity index (χ3v) is 6.35. The molecule has 1 aromatic rings. The molecule has 2 saturated carbocycles. The van der Waals surface area contributed by atoms with Gasteiger partial charge >= 0.3 is 12.2 Å². The first-order valence-electron chi connectivity index (χ1n) is 9.89. The fourth-order valence-corrected chi connectivity index (χ4v) is 4.77. The lowest BCUT2D eigenvalue weighted by molar-refractivity contribution is -0.138. The maximum atomic E-state index is 14.0. The van der Waals surface area contributed by atoms with Crippen LogP contribution in [0.4, 0.5) is 22.4 Å². The highest BCUT2D eigenvalue weighted by atomic mass is 19.4. The maximum Gasteiger partial charge on any atom is 0.416 e. The number of imide groups is 1. The monoisotopic (exact) mass is 427 g/mol. The van der Waals surface area contributed by atoms with Crippen LogP contribution in [-0.2, 0) is 15.8 Å². The molecule has 4 rings (SSSR count). The maximum absolute atomic E-state index is 14.0. The highest BCUT2D eigenvalue weighted by Gasteiger charge is 2.57. The van der Waals surface area contributed by atoms with E-state index >= 15 is 0 Å². The molecular weight excluding hydrogens is 406 g/mol. The number of carbonyl (C=O) groups excluding carboxylic acids is 3. The molecule has 1 aliphatic heterocycles. The Morgan fingerprint density at radius 2 is 1.80 bits per heavy atom. The Morgan fingerprint density at radius 1 is 1.13 bits per heavy atom. The normalized spacial score (nSPS) is 27.5. The summed E-state index contributed by atoms with van der Waals surface area (Å²) < 4.78 is 53.4. The summed E-state index contributed by atoms with van der Waals surface area (Å²) in [4.78, 5) is 36.0. The molecule has 4 amide bonds. The Bertz CT molecular complexity index is 890. The van der Waals surface area contributed by atoms with Gasteiger partial charge in [0.25, 0.3) is 5.91 Å². The number of hydrogen-bond donors (Lipinski definition) is 3. The molecule has 1 aromatic carbocycles. The number of carbonyl (C=O) groups is 3. The zero-order valence-electron chi connectivity index (χ0n) is 15.9. The van der Waals surface area contributed by atoms with Gasteiger partial charge in [0.15, 0.2) is 0 Å². The lowest BCUT2D eigenvalue weighted by Crippen LogP contribution is -2.60. The van der Waals surface area contributed by atoms with Crippen LogP contribution < -0.4 is 16.0 Å². The summed E-state index contributed by atoms with van der Waals surface area (Å²) in [5, 5.41) is 7.46. The van der Waals surface area contributed by atoms with Crippen molar-refractivity contribution in [2.75, 3.05) is 0 Å². The van der Waals surface area contributed by atoms with Crippen molar-refractivity contribution in [3.05, 3.63) is 35.1 Å². The number of amides is 4. The molecule has 162 valence electrons. The van der Waals surface area contributed by atoms with E-state index in [0.29, 0.717) is 6.07 Å². The molecule has 2 aliphatic carbocycles. The zero-order valence-corrected chi connectivity index (χ0v) is 15.9. The number of nitrogens with one attached hydrogen (secondary N) is 3. The zero-order chi connectivity index (χ0) is 21.7. The molecule has 1 unspecified atom stereocenters. The fourth-order valence-electron chi connectivity index (χ4n) is 4.77. The second-order valence-corrected chi connectivity index (χ2v) is 8.40. The van der Waals surface area contributed by atoms with Gasteiger partial charge in [0.05, 0.1) is 11.6 Å². The fraction of sp³-hybridized carbons (Fsp3) is 0.550. The molecule has 0 bridgehead atoms. The van der Waals surface area contributed by atoms with Crippen LogP contribution in [0.3, 0.4) is 0 Å². The van der Waals surface area contributed by atoms with E-state index in [0.717, 1.165) is 37.8 Å². The van der Waals surface area contributed by atoms with Gasteiger partial charge in [-0.1, -0.05) is 12.8 Å². The van der Waals surface area contributed by atoms with Crippen molar-refractivity contribution in [1.82, 2.24) is 16.0 Å². The van der Waals surface area contributed by atoms with E-state index in [1.54, 1.807) is 0 Å². The van der Waals surface area contributed by atoms with Gasteiger partial charge < -0.3 is 10.6 Å². The number of hydrogen-bond acceptors (Lipinski definition) is 3. The molecule has 0 aromatic heterocycles. The van der Waals surface area contributed by atoms with Crippen LogP contribution >= 0.6 is 0 Å². The summed E-state index contributed by atoms with van der Waals surface area (Å²) in [6.07, 6.45) is -1.26. The second kappa shape index (κ2) is 7.24. The lowest BCUT2D eigenvalue weighted by Gasteiger charge is -2.42. The Kier molecular flexibility index (Phi) is 4.98. The first-order chi connectivity index (χ1) is 14.1. The predicted octanol–water partition coefficient (Wildman–Crippen LogP) is 3.18. The van der Waals surface area contributed by atoms with E-state index in [1.807, 2.05) is 0 Å². The summed E-state index contributed by atoms with van der Waals surface area (Å²) in [5.41, 5.74) is -2.10. The summed E-state index contributed by atoms with van der Waals surface area (Å²) in [6.45, 7) is 0. The van der Waals surface area contributed by atoms with Gasteiger partial charge in [-0.3, -0.25) is 14.9 Å². The third kappa shape index (κ3) is 3.75. The van der Waals surface area contributed by atoms with Gasteiger partial charge in [-0.2, -0.15) is 13.2 Å². The van der Waals surface area contributed by atoms with Crippen molar-refractivity contribution >= 4 is 17.8 Å². The number of rotatable bonds is 4. The smallest absolute Gasteiger partial charge is 0.349 e. The molecule has 1 atom stereocenters. The van der Waals surface area contributed by atoms with Gasteiger partial charge in [-0.05, 0) is 55.4 Å². The first-order valence-corrected chi connectivity index (χ1v) is 9.89. The van der Waals surface area contributed by atoms with E-state index in [4.69, 9.17) is 0 Å². The van der Waals surface area contributed by atoms with Gasteiger partial charge in [-0.25, -0.2) is 9.18 Å². The number of urea groups is 1. The molecule has 3 N–H and O–H groups in total.